The van der Waals surface area contributed by atoms with E-state index >= 15 is 0 Å². The molecule has 1 aromatic carbocycles. The summed E-state index contributed by atoms with van der Waals surface area (Å²) in [7, 11) is -4.15. The first-order valence-electron chi connectivity index (χ1n) is 15.1. The number of hydrogen-bond acceptors (Lipinski definition) is 10. The van der Waals surface area contributed by atoms with Crippen LogP contribution in [0.15, 0.2) is 58.3 Å². The van der Waals surface area contributed by atoms with E-state index in [0.717, 1.165) is 30.0 Å². The normalized spacial score (nSPS) is 11.8. The van der Waals surface area contributed by atoms with Gasteiger partial charge in [0.15, 0.2) is 0 Å². The van der Waals surface area contributed by atoms with Crippen molar-refractivity contribution < 1.29 is 32.6 Å². The summed E-state index contributed by atoms with van der Waals surface area (Å²) in [5.74, 6) is -1.52. The number of hydrogen-bond donors (Lipinski definition) is 2. The van der Waals surface area contributed by atoms with E-state index in [1.54, 1.807) is 6.92 Å². The number of unbranched alkanes of at least 4 members (excludes halogenated alkanes) is 1. The van der Waals surface area contributed by atoms with Gasteiger partial charge in [0.25, 0.3) is 5.56 Å². The smallest absolute Gasteiger partial charge is 0.333 e. The summed E-state index contributed by atoms with van der Waals surface area (Å²) in [5.41, 5.74) is 0.474. The zero-order chi connectivity index (χ0) is 34.6. The fourth-order valence-electron chi connectivity index (χ4n) is 4.53. The van der Waals surface area contributed by atoms with E-state index in [1.807, 2.05) is 13.0 Å². The number of rotatable bonds is 18. The minimum absolute atomic E-state index is 0.0964. The van der Waals surface area contributed by atoms with Crippen LogP contribution in [0.1, 0.15) is 64.5 Å². The molecule has 0 spiro atoms. The van der Waals surface area contributed by atoms with Crippen molar-refractivity contribution in [3.05, 3.63) is 70.1 Å². The number of benzene rings is 1. The molecule has 1 atom stereocenters. The van der Waals surface area contributed by atoms with Crippen LogP contribution in [0, 0.1) is 24.2 Å². The topological polar surface area (TPSA) is 168 Å². The van der Waals surface area contributed by atoms with Crippen LogP contribution >= 0.6 is 0 Å². The van der Waals surface area contributed by atoms with E-state index in [-0.39, 0.29) is 77.5 Å². The van der Waals surface area contributed by atoms with E-state index in [4.69, 9.17) is 9.47 Å². The molecule has 0 aliphatic heterocycles. The number of aromatic hydroxyl groups is 1. The Morgan fingerprint density at radius 2 is 1.61 bits per heavy atom. The van der Waals surface area contributed by atoms with Crippen LogP contribution in [0.4, 0.5) is 11.4 Å². The zero-order valence-corrected chi connectivity index (χ0v) is 28.0. The monoisotopic (exact) mass is 656 g/mol. The molecule has 46 heavy (non-hydrogen) atoms. The van der Waals surface area contributed by atoms with Gasteiger partial charge in [0.1, 0.15) is 30.5 Å². The Morgan fingerprint density at radius 1 is 1.07 bits per heavy atom. The molecular formula is C33H44N4O8S. The minimum Gasteiger partial charge on any atom is -0.493 e. The Bertz CT molecular complexity index is 1610. The van der Waals surface area contributed by atoms with Crippen molar-refractivity contribution in [2.24, 2.45) is 5.92 Å². The first-order chi connectivity index (χ1) is 21.7. The van der Waals surface area contributed by atoms with Crippen LogP contribution < -0.4 is 10.9 Å². The number of ether oxygens (including phenoxy) is 2. The molecule has 0 fully saturated rings. The Morgan fingerprint density at radius 3 is 2.07 bits per heavy atom. The molecule has 250 valence electrons. The second-order valence-electron chi connectivity index (χ2n) is 11.0. The SMILES string of the molecule is C=C(C)C(=O)OCCN(CCOC(=O)C(=C)C)S(=O)(=O)c1ccc(Nc2c(C)c(C#N)c(=O)n(CC(CC)CCCC)c2O)cc1. The summed E-state index contributed by atoms with van der Waals surface area (Å²) in [4.78, 5) is 36.6. The number of nitriles is 1. The predicted molar refractivity (Wildman–Crippen MR) is 175 cm³/mol. The quantitative estimate of drug-likeness (QED) is 0.166. The van der Waals surface area contributed by atoms with Gasteiger partial charge in [-0.15, -0.1) is 0 Å². The highest BCUT2D eigenvalue weighted by Crippen LogP contribution is 2.32. The van der Waals surface area contributed by atoms with Gasteiger partial charge in [0.2, 0.25) is 15.9 Å². The van der Waals surface area contributed by atoms with Gasteiger partial charge in [-0.05, 0) is 57.4 Å². The summed E-state index contributed by atoms with van der Waals surface area (Å²) in [5, 5.41) is 24.0. The summed E-state index contributed by atoms with van der Waals surface area (Å²) in [6, 6.07) is 7.59. The fraction of sp³-hybridized carbons (Fsp3) is 0.455. The molecule has 0 amide bonds. The molecular weight excluding hydrogens is 612 g/mol. The number of nitrogens with one attached hydrogen (secondary N) is 1. The van der Waals surface area contributed by atoms with Crippen molar-refractivity contribution in [1.82, 2.24) is 8.87 Å². The largest absolute Gasteiger partial charge is 0.493 e. The number of sulfonamides is 1. The molecule has 1 unspecified atom stereocenters. The van der Waals surface area contributed by atoms with Gasteiger partial charge in [-0.2, -0.15) is 9.57 Å². The minimum atomic E-state index is -4.15. The third-order valence-corrected chi connectivity index (χ3v) is 9.30. The lowest BCUT2D eigenvalue weighted by molar-refractivity contribution is -0.139. The maximum absolute atomic E-state index is 13.6. The van der Waals surface area contributed by atoms with Gasteiger partial charge in [0, 0.05) is 42.0 Å². The van der Waals surface area contributed by atoms with Crippen LogP contribution in [-0.4, -0.2) is 60.6 Å². The van der Waals surface area contributed by atoms with Crippen LogP contribution in [0.25, 0.3) is 0 Å². The molecule has 0 bridgehead atoms. The molecule has 1 aromatic heterocycles. The predicted octanol–water partition coefficient (Wildman–Crippen LogP) is 4.92. The van der Waals surface area contributed by atoms with Crippen LogP contribution in [0.2, 0.25) is 0 Å². The summed E-state index contributed by atoms with van der Waals surface area (Å²) < 4.78 is 39.6. The highest BCUT2D eigenvalue weighted by molar-refractivity contribution is 7.89. The average Bonchev–Trinajstić information content (AvgIpc) is 3.02. The van der Waals surface area contributed by atoms with Gasteiger partial charge in [-0.1, -0.05) is 46.3 Å². The fourth-order valence-corrected chi connectivity index (χ4v) is 5.94. The van der Waals surface area contributed by atoms with Crippen molar-refractivity contribution in [3.63, 3.8) is 0 Å². The van der Waals surface area contributed by atoms with Crippen LogP contribution in [0.3, 0.4) is 0 Å². The molecule has 0 radical (unpaired) electrons. The molecule has 13 heteroatoms. The number of pyridine rings is 1. The molecule has 2 N–H and O–H groups in total. The zero-order valence-electron chi connectivity index (χ0n) is 27.2. The molecule has 12 nitrogen and oxygen atoms in total. The average molecular weight is 657 g/mol. The van der Waals surface area contributed by atoms with Gasteiger partial charge < -0.3 is 19.9 Å². The maximum Gasteiger partial charge on any atom is 0.333 e. The summed E-state index contributed by atoms with van der Waals surface area (Å²) in [6.07, 6.45) is 3.64. The first-order valence-corrected chi connectivity index (χ1v) is 16.5. The van der Waals surface area contributed by atoms with E-state index in [0.29, 0.717) is 5.69 Å². The van der Waals surface area contributed by atoms with E-state index in [1.165, 1.54) is 42.7 Å². The Balaban J connectivity index is 2.38. The van der Waals surface area contributed by atoms with Gasteiger partial charge >= 0.3 is 11.9 Å². The van der Waals surface area contributed by atoms with Crippen molar-refractivity contribution >= 4 is 33.3 Å². The molecule has 0 saturated carbocycles. The van der Waals surface area contributed by atoms with E-state index in [2.05, 4.69) is 25.4 Å². The molecule has 0 aliphatic rings. The molecule has 0 saturated heterocycles. The van der Waals surface area contributed by atoms with Gasteiger partial charge in [-0.3, -0.25) is 9.36 Å². The van der Waals surface area contributed by atoms with E-state index < -0.39 is 27.5 Å². The third-order valence-electron chi connectivity index (χ3n) is 7.39. The highest BCUT2D eigenvalue weighted by atomic mass is 32.2. The number of esters is 2. The summed E-state index contributed by atoms with van der Waals surface area (Å²) >= 11 is 0. The van der Waals surface area contributed by atoms with Crippen molar-refractivity contribution in [3.8, 4) is 11.9 Å². The summed E-state index contributed by atoms with van der Waals surface area (Å²) in [6.45, 7) is 14.9. The lowest BCUT2D eigenvalue weighted by atomic mass is 9.99. The van der Waals surface area contributed by atoms with Gasteiger partial charge in [-0.25, -0.2) is 18.0 Å². The first kappa shape index (κ1) is 37.8. The number of carbonyl (C=O) groups is 2. The van der Waals surface area contributed by atoms with Crippen LogP contribution in [0.5, 0.6) is 5.88 Å². The Labute approximate surface area is 271 Å². The van der Waals surface area contributed by atoms with Crippen molar-refractivity contribution in [2.45, 2.75) is 71.7 Å². The maximum atomic E-state index is 13.6. The Kier molecular flexibility index (Phi) is 14.2. The molecule has 2 aromatic rings. The van der Waals surface area contributed by atoms with Gasteiger partial charge in [0.05, 0.1) is 4.90 Å². The number of anilines is 2. The number of nitrogens with zero attached hydrogens (tertiary/aromatic N) is 3. The standard InChI is InChI=1S/C33H44N4O8S/c1-8-10-11-25(9-2)21-37-30(38)28(20-34)24(7)29(31(37)39)35-26-12-14-27(15-13-26)46(42,43)36(16-18-44-32(40)22(3)4)17-19-45-33(41)23(5)6/h12-15,25,35,39H,3,5,8-11,16-19,21H2,1-2,4,6-7H3. The third kappa shape index (κ3) is 9.79. The lowest BCUT2D eigenvalue weighted by Gasteiger charge is -2.23. The molecule has 1 heterocycles. The Hall–Kier alpha value is -4.41. The molecule has 2 rings (SSSR count). The molecule has 0 aliphatic carbocycles. The van der Waals surface area contributed by atoms with E-state index in [9.17, 15) is 33.2 Å². The number of aromatic nitrogens is 1. The van der Waals surface area contributed by atoms with Crippen molar-refractivity contribution in [1.29, 1.82) is 5.26 Å². The van der Waals surface area contributed by atoms with Crippen molar-refractivity contribution in [2.75, 3.05) is 31.6 Å². The second kappa shape index (κ2) is 17.3. The highest BCUT2D eigenvalue weighted by Gasteiger charge is 2.26. The van der Waals surface area contributed by atoms with Crippen LogP contribution in [-0.2, 0) is 35.6 Å². The lowest BCUT2D eigenvalue weighted by Crippen LogP contribution is -2.37. The second-order valence-corrected chi connectivity index (χ2v) is 13.0. The number of carbonyl (C=O) groups excluding carboxylic acids is 2.